The summed E-state index contributed by atoms with van der Waals surface area (Å²) in [5, 5.41) is 4.22. The van der Waals surface area contributed by atoms with E-state index < -0.39 is 0 Å². The quantitative estimate of drug-likeness (QED) is 0.600. The van der Waals surface area contributed by atoms with Crippen LogP contribution >= 0.6 is 0 Å². The van der Waals surface area contributed by atoms with Gasteiger partial charge in [0.05, 0.1) is 27.0 Å². The van der Waals surface area contributed by atoms with Crippen molar-refractivity contribution in [2.45, 2.75) is 33.1 Å². The van der Waals surface area contributed by atoms with Gasteiger partial charge in [0, 0.05) is 5.56 Å². The van der Waals surface area contributed by atoms with Crippen LogP contribution in [-0.2, 0) is 5.41 Å². The first-order valence-corrected chi connectivity index (χ1v) is 8.96. The minimum absolute atomic E-state index is 0.0876. The molecule has 0 saturated heterocycles. The first-order chi connectivity index (χ1) is 13.2. The van der Waals surface area contributed by atoms with Crippen LogP contribution in [0.2, 0.25) is 0 Å². The number of ether oxygens (including phenoxy) is 3. The van der Waals surface area contributed by atoms with Crippen molar-refractivity contribution in [2.75, 3.05) is 21.3 Å². The number of nitrogens with zero attached hydrogens (tertiary/aromatic N) is 1. The van der Waals surface area contributed by atoms with Crippen molar-refractivity contribution in [2.24, 2.45) is 5.10 Å². The number of hydrogen-bond acceptors (Lipinski definition) is 5. The van der Waals surface area contributed by atoms with Gasteiger partial charge in [-0.05, 0) is 35.6 Å². The Labute approximate surface area is 166 Å². The number of carbonyl (C=O) groups excluding carboxylic acids is 1. The maximum atomic E-state index is 12.5. The van der Waals surface area contributed by atoms with E-state index in [4.69, 9.17) is 14.2 Å². The van der Waals surface area contributed by atoms with Gasteiger partial charge in [0.25, 0.3) is 5.91 Å². The number of carbonyl (C=O) groups is 1. The molecule has 0 atom stereocenters. The van der Waals surface area contributed by atoms with Gasteiger partial charge in [-0.3, -0.25) is 4.79 Å². The molecule has 0 aliphatic carbocycles. The zero-order valence-corrected chi connectivity index (χ0v) is 17.5. The summed E-state index contributed by atoms with van der Waals surface area (Å²) >= 11 is 0. The van der Waals surface area contributed by atoms with Crippen LogP contribution < -0.4 is 19.6 Å². The van der Waals surface area contributed by atoms with E-state index in [2.05, 4.69) is 43.4 Å². The lowest BCUT2D eigenvalue weighted by Gasteiger charge is -2.19. The lowest BCUT2D eigenvalue weighted by molar-refractivity contribution is 0.0954. The number of nitrogens with one attached hydrogen (secondary N) is 1. The third-order valence-corrected chi connectivity index (χ3v) is 4.42. The van der Waals surface area contributed by atoms with E-state index in [-0.39, 0.29) is 11.3 Å². The van der Waals surface area contributed by atoms with Gasteiger partial charge >= 0.3 is 0 Å². The van der Waals surface area contributed by atoms with E-state index in [0.29, 0.717) is 28.5 Å². The van der Waals surface area contributed by atoms with E-state index in [1.54, 1.807) is 12.1 Å². The molecule has 2 rings (SSSR count). The molecule has 0 aromatic heterocycles. The second kappa shape index (κ2) is 8.78. The minimum atomic E-state index is -0.370. The van der Waals surface area contributed by atoms with Gasteiger partial charge in [-0.2, -0.15) is 5.10 Å². The van der Waals surface area contributed by atoms with E-state index >= 15 is 0 Å². The highest BCUT2D eigenvalue weighted by atomic mass is 16.5. The van der Waals surface area contributed by atoms with Crippen molar-refractivity contribution in [1.82, 2.24) is 5.43 Å². The van der Waals surface area contributed by atoms with Crippen LogP contribution in [0.25, 0.3) is 0 Å². The Hall–Kier alpha value is -3.02. The number of hydrazone groups is 1. The molecule has 1 amide bonds. The summed E-state index contributed by atoms with van der Waals surface area (Å²) < 4.78 is 15.8. The summed E-state index contributed by atoms with van der Waals surface area (Å²) in [4.78, 5) is 12.5. The predicted molar refractivity (Wildman–Crippen MR) is 111 cm³/mol. The Bertz CT molecular complexity index is 840. The lowest BCUT2D eigenvalue weighted by Crippen LogP contribution is -2.19. The van der Waals surface area contributed by atoms with Crippen molar-refractivity contribution in [3.63, 3.8) is 0 Å². The molecule has 0 radical (unpaired) electrons. The number of methoxy groups -OCH3 is 3. The van der Waals surface area contributed by atoms with Crippen LogP contribution in [0.15, 0.2) is 41.5 Å². The monoisotopic (exact) mass is 384 g/mol. The molecule has 0 heterocycles. The smallest absolute Gasteiger partial charge is 0.271 e. The Morgan fingerprint density at radius 1 is 0.893 bits per heavy atom. The van der Waals surface area contributed by atoms with Crippen LogP contribution in [0, 0.1) is 0 Å². The van der Waals surface area contributed by atoms with Gasteiger partial charge in [0.1, 0.15) is 0 Å². The summed E-state index contributed by atoms with van der Waals surface area (Å²) in [6.45, 7) is 8.35. The predicted octanol–water partition coefficient (Wildman–Crippen LogP) is 4.16. The molecule has 6 nitrogen and oxygen atoms in total. The number of rotatable bonds is 6. The highest BCUT2D eigenvalue weighted by Gasteiger charge is 2.17. The summed E-state index contributed by atoms with van der Waals surface area (Å²) in [5.41, 5.74) is 5.92. The molecule has 6 heteroatoms. The van der Waals surface area contributed by atoms with Gasteiger partial charge < -0.3 is 14.2 Å². The number of hydrogen-bond donors (Lipinski definition) is 1. The molecule has 0 unspecified atom stereocenters. The SMILES string of the molecule is COc1cc(C(=O)N/N=C(\C)c2ccc(C(C)(C)C)cc2)cc(OC)c1OC. The van der Waals surface area contributed by atoms with Crippen molar-refractivity contribution < 1.29 is 19.0 Å². The number of benzene rings is 2. The molecule has 150 valence electrons. The largest absolute Gasteiger partial charge is 0.493 e. The molecule has 2 aromatic carbocycles. The van der Waals surface area contributed by atoms with Gasteiger partial charge in [-0.25, -0.2) is 5.43 Å². The van der Waals surface area contributed by atoms with Crippen molar-refractivity contribution in [3.8, 4) is 17.2 Å². The molecule has 2 aromatic rings. The van der Waals surface area contributed by atoms with Crippen LogP contribution in [0.3, 0.4) is 0 Å². The van der Waals surface area contributed by atoms with Gasteiger partial charge in [-0.15, -0.1) is 0 Å². The molecule has 0 aliphatic rings. The highest BCUT2D eigenvalue weighted by Crippen LogP contribution is 2.38. The van der Waals surface area contributed by atoms with Crippen LogP contribution in [0.5, 0.6) is 17.2 Å². The standard InChI is InChI=1S/C22H28N2O4/c1-14(15-8-10-17(11-9-15)22(2,3)4)23-24-21(25)16-12-18(26-5)20(28-7)19(13-16)27-6/h8-13H,1-7H3,(H,24,25)/b23-14+. The fraction of sp³-hybridized carbons (Fsp3) is 0.364. The zero-order valence-electron chi connectivity index (χ0n) is 17.5. The molecule has 0 fully saturated rings. The Morgan fingerprint density at radius 2 is 1.43 bits per heavy atom. The topological polar surface area (TPSA) is 69.2 Å². The molecule has 0 spiro atoms. The molecule has 28 heavy (non-hydrogen) atoms. The second-order valence-corrected chi connectivity index (χ2v) is 7.38. The van der Waals surface area contributed by atoms with Gasteiger partial charge in [0.2, 0.25) is 5.75 Å². The fourth-order valence-electron chi connectivity index (χ4n) is 2.69. The van der Waals surface area contributed by atoms with E-state index in [9.17, 15) is 4.79 Å². The molecule has 0 saturated carbocycles. The zero-order chi connectivity index (χ0) is 20.9. The minimum Gasteiger partial charge on any atom is -0.493 e. The molecular formula is C22H28N2O4. The molecule has 1 N–H and O–H groups in total. The summed E-state index contributed by atoms with van der Waals surface area (Å²) in [6, 6.07) is 11.3. The summed E-state index contributed by atoms with van der Waals surface area (Å²) in [6.07, 6.45) is 0. The summed E-state index contributed by atoms with van der Waals surface area (Å²) in [7, 11) is 4.52. The van der Waals surface area contributed by atoms with Crippen LogP contribution in [0.1, 0.15) is 49.2 Å². The third-order valence-electron chi connectivity index (χ3n) is 4.42. The van der Waals surface area contributed by atoms with Crippen LogP contribution in [0.4, 0.5) is 0 Å². The maximum Gasteiger partial charge on any atom is 0.271 e. The van der Waals surface area contributed by atoms with E-state index in [1.807, 2.05) is 19.1 Å². The molecule has 0 aliphatic heterocycles. The van der Waals surface area contributed by atoms with E-state index in [0.717, 1.165) is 5.56 Å². The number of amides is 1. The maximum absolute atomic E-state index is 12.5. The summed E-state index contributed by atoms with van der Waals surface area (Å²) in [5.74, 6) is 0.876. The highest BCUT2D eigenvalue weighted by molar-refractivity contribution is 6.01. The average molecular weight is 384 g/mol. The van der Waals surface area contributed by atoms with Gasteiger partial charge in [-0.1, -0.05) is 45.0 Å². The molecular weight excluding hydrogens is 356 g/mol. The normalized spacial score (nSPS) is 11.8. The fourth-order valence-corrected chi connectivity index (χ4v) is 2.69. The Balaban J connectivity index is 2.20. The van der Waals surface area contributed by atoms with Gasteiger partial charge in [0.15, 0.2) is 11.5 Å². The third kappa shape index (κ3) is 4.82. The van der Waals surface area contributed by atoms with Crippen molar-refractivity contribution in [1.29, 1.82) is 0 Å². The average Bonchev–Trinajstić information content (AvgIpc) is 2.69. The first-order valence-electron chi connectivity index (χ1n) is 8.96. The lowest BCUT2D eigenvalue weighted by atomic mass is 9.86. The van der Waals surface area contributed by atoms with Crippen molar-refractivity contribution >= 4 is 11.6 Å². The second-order valence-electron chi connectivity index (χ2n) is 7.38. The van der Waals surface area contributed by atoms with Crippen molar-refractivity contribution in [3.05, 3.63) is 53.1 Å². The first kappa shape index (κ1) is 21.3. The Morgan fingerprint density at radius 3 is 1.86 bits per heavy atom. The Kier molecular flexibility index (Phi) is 6.67. The van der Waals surface area contributed by atoms with Crippen LogP contribution in [-0.4, -0.2) is 32.9 Å². The molecule has 0 bridgehead atoms. The van der Waals surface area contributed by atoms with E-state index in [1.165, 1.54) is 26.9 Å².